The van der Waals surface area contributed by atoms with Crippen molar-refractivity contribution in [1.82, 2.24) is 4.90 Å². The summed E-state index contributed by atoms with van der Waals surface area (Å²) >= 11 is 0. The van der Waals surface area contributed by atoms with Gasteiger partial charge in [-0.05, 0) is 0 Å². The first-order valence-corrected chi connectivity index (χ1v) is 5.78. The number of carbonyl (C=O) groups is 2. The summed E-state index contributed by atoms with van der Waals surface area (Å²) in [6.45, 7) is 0.765. The Labute approximate surface area is 81.4 Å². The van der Waals surface area contributed by atoms with E-state index >= 15 is 0 Å². The molecule has 0 aromatic rings. The molecule has 1 aliphatic rings. The van der Waals surface area contributed by atoms with Crippen LogP contribution < -0.4 is 0 Å². The van der Waals surface area contributed by atoms with Crippen molar-refractivity contribution in [3.8, 4) is 0 Å². The summed E-state index contributed by atoms with van der Waals surface area (Å²) in [6, 6.07) is 0. The average molecular weight is 221 g/mol. The Morgan fingerprint density at radius 2 is 1.79 bits per heavy atom. The predicted octanol–water partition coefficient (Wildman–Crippen LogP) is -1.28. The number of rotatable bonds is 2. The SMILES string of the molecule is CC(=O)N1CC(C(=O)O)(S(C)(=O)=O)C1. The highest BCUT2D eigenvalue weighted by Gasteiger charge is 2.58. The molecule has 1 N–H and O–H groups in total. The van der Waals surface area contributed by atoms with Crippen molar-refractivity contribution in [2.45, 2.75) is 11.7 Å². The Bertz CT molecular complexity index is 379. The molecule has 1 heterocycles. The van der Waals surface area contributed by atoms with Gasteiger partial charge in [-0.3, -0.25) is 9.59 Å². The van der Waals surface area contributed by atoms with Crippen LogP contribution in [0.15, 0.2) is 0 Å². The maximum atomic E-state index is 11.2. The van der Waals surface area contributed by atoms with Gasteiger partial charge in [-0.15, -0.1) is 0 Å². The van der Waals surface area contributed by atoms with Crippen LogP contribution in [-0.4, -0.2) is 54.4 Å². The maximum Gasteiger partial charge on any atom is 0.328 e. The summed E-state index contributed by atoms with van der Waals surface area (Å²) in [5, 5.41) is 8.80. The van der Waals surface area contributed by atoms with Gasteiger partial charge in [0.25, 0.3) is 0 Å². The fourth-order valence-corrected chi connectivity index (χ4v) is 2.42. The molecule has 14 heavy (non-hydrogen) atoms. The van der Waals surface area contributed by atoms with Crippen LogP contribution in [0.2, 0.25) is 0 Å². The molecule has 1 saturated heterocycles. The molecule has 1 rings (SSSR count). The number of hydrogen-bond acceptors (Lipinski definition) is 4. The molecular weight excluding hydrogens is 210 g/mol. The van der Waals surface area contributed by atoms with Gasteiger partial charge in [-0.1, -0.05) is 0 Å². The molecule has 0 saturated carbocycles. The first-order chi connectivity index (χ1) is 6.21. The predicted molar refractivity (Wildman–Crippen MR) is 47.5 cm³/mol. The van der Waals surface area contributed by atoms with Gasteiger partial charge in [0.2, 0.25) is 10.7 Å². The minimum atomic E-state index is -3.69. The molecule has 0 spiro atoms. The van der Waals surface area contributed by atoms with Crippen molar-refractivity contribution in [1.29, 1.82) is 0 Å². The number of amides is 1. The van der Waals surface area contributed by atoms with Gasteiger partial charge in [0.15, 0.2) is 9.84 Å². The third kappa shape index (κ3) is 1.37. The summed E-state index contributed by atoms with van der Waals surface area (Å²) in [5.41, 5.74) is 0. The Morgan fingerprint density at radius 3 is 2.00 bits per heavy atom. The summed E-state index contributed by atoms with van der Waals surface area (Å²) < 4.78 is 20.7. The molecule has 0 radical (unpaired) electrons. The standard InChI is InChI=1S/C7H11NO5S/c1-5(9)8-3-7(4-8,6(10)11)14(2,12)13/h3-4H2,1-2H3,(H,10,11). The van der Waals surface area contributed by atoms with Crippen LogP contribution in [0.3, 0.4) is 0 Å². The first-order valence-electron chi connectivity index (χ1n) is 3.89. The lowest BCUT2D eigenvalue weighted by Gasteiger charge is -2.44. The fourth-order valence-electron chi connectivity index (χ4n) is 1.32. The number of aliphatic carboxylic acids is 1. The molecule has 0 aromatic carbocycles. The van der Waals surface area contributed by atoms with Crippen LogP contribution >= 0.6 is 0 Å². The van der Waals surface area contributed by atoms with Gasteiger partial charge in [0.05, 0.1) is 13.1 Å². The second kappa shape index (κ2) is 2.94. The molecule has 6 nitrogen and oxygen atoms in total. The quantitative estimate of drug-likeness (QED) is 0.626. The minimum absolute atomic E-state index is 0.253. The van der Waals surface area contributed by atoms with E-state index < -0.39 is 20.6 Å². The lowest BCUT2D eigenvalue weighted by atomic mass is 9.99. The second-order valence-electron chi connectivity index (χ2n) is 3.45. The van der Waals surface area contributed by atoms with Crippen molar-refractivity contribution in [2.24, 2.45) is 0 Å². The number of hydrogen-bond donors (Lipinski definition) is 1. The third-order valence-electron chi connectivity index (χ3n) is 2.44. The number of carboxylic acids is 1. The van der Waals surface area contributed by atoms with Gasteiger partial charge >= 0.3 is 5.97 Å². The lowest BCUT2D eigenvalue weighted by molar-refractivity contribution is -0.149. The van der Waals surface area contributed by atoms with Gasteiger partial charge < -0.3 is 10.0 Å². The molecule has 1 aliphatic heterocycles. The van der Waals surface area contributed by atoms with Crippen molar-refractivity contribution < 1.29 is 23.1 Å². The third-order valence-corrected chi connectivity index (χ3v) is 4.29. The normalized spacial score (nSPS) is 20.0. The van der Waals surface area contributed by atoms with Crippen LogP contribution in [-0.2, 0) is 19.4 Å². The molecule has 0 atom stereocenters. The van der Waals surface area contributed by atoms with E-state index in [0.29, 0.717) is 0 Å². The van der Waals surface area contributed by atoms with Crippen LogP contribution in [0.4, 0.5) is 0 Å². The van der Waals surface area contributed by atoms with E-state index in [2.05, 4.69) is 0 Å². The molecule has 1 fully saturated rings. The topological polar surface area (TPSA) is 91.8 Å². The van der Waals surface area contributed by atoms with Crippen LogP contribution in [0, 0.1) is 0 Å². The molecule has 7 heteroatoms. The van der Waals surface area contributed by atoms with Gasteiger partial charge in [-0.25, -0.2) is 8.42 Å². The van der Waals surface area contributed by atoms with E-state index in [4.69, 9.17) is 5.11 Å². The fraction of sp³-hybridized carbons (Fsp3) is 0.714. The summed E-state index contributed by atoms with van der Waals surface area (Å²) in [5.74, 6) is -1.71. The van der Waals surface area contributed by atoms with Gasteiger partial charge in [0, 0.05) is 13.2 Å². The van der Waals surface area contributed by atoms with E-state index in [1.54, 1.807) is 0 Å². The second-order valence-corrected chi connectivity index (χ2v) is 5.77. The molecular formula is C7H11NO5S. The minimum Gasteiger partial charge on any atom is -0.480 e. The monoisotopic (exact) mass is 221 g/mol. The maximum absolute atomic E-state index is 11.2. The van der Waals surface area contributed by atoms with Gasteiger partial charge in [-0.2, -0.15) is 0 Å². The summed E-state index contributed by atoms with van der Waals surface area (Å²) in [6.07, 6.45) is 0.874. The highest BCUT2D eigenvalue weighted by atomic mass is 32.2. The van der Waals surface area contributed by atoms with Crippen molar-refractivity contribution in [3.63, 3.8) is 0 Å². The van der Waals surface area contributed by atoms with E-state index in [1.165, 1.54) is 11.8 Å². The highest BCUT2D eigenvalue weighted by molar-refractivity contribution is 7.93. The number of carboxylic acid groups (broad SMARTS) is 1. The molecule has 0 bridgehead atoms. The van der Waals surface area contributed by atoms with E-state index in [1.807, 2.05) is 0 Å². The first kappa shape index (κ1) is 11.0. The van der Waals surface area contributed by atoms with E-state index in [-0.39, 0.29) is 19.0 Å². The zero-order chi connectivity index (χ0) is 11.1. The molecule has 0 unspecified atom stereocenters. The summed E-state index contributed by atoms with van der Waals surface area (Å²) in [4.78, 5) is 22.8. The number of sulfone groups is 1. The molecule has 0 aromatic heterocycles. The molecule has 1 amide bonds. The Morgan fingerprint density at radius 1 is 1.36 bits per heavy atom. The van der Waals surface area contributed by atoms with Gasteiger partial charge in [0.1, 0.15) is 0 Å². The van der Waals surface area contributed by atoms with E-state index in [9.17, 15) is 18.0 Å². The molecule has 80 valence electrons. The van der Waals surface area contributed by atoms with Crippen molar-refractivity contribution in [2.75, 3.05) is 19.3 Å². The lowest BCUT2D eigenvalue weighted by Crippen LogP contribution is -2.70. The smallest absolute Gasteiger partial charge is 0.328 e. The van der Waals surface area contributed by atoms with Crippen LogP contribution in [0.5, 0.6) is 0 Å². The summed E-state index contributed by atoms with van der Waals surface area (Å²) in [7, 11) is -3.69. The van der Waals surface area contributed by atoms with Crippen molar-refractivity contribution in [3.05, 3.63) is 0 Å². The van der Waals surface area contributed by atoms with Crippen molar-refractivity contribution >= 4 is 21.7 Å². The average Bonchev–Trinajstić information content (AvgIpc) is 1.77. The zero-order valence-electron chi connectivity index (χ0n) is 7.85. The van der Waals surface area contributed by atoms with Crippen LogP contribution in [0.25, 0.3) is 0 Å². The van der Waals surface area contributed by atoms with Crippen LogP contribution in [0.1, 0.15) is 6.92 Å². The zero-order valence-corrected chi connectivity index (χ0v) is 8.67. The highest BCUT2D eigenvalue weighted by Crippen LogP contribution is 2.29. The Balaban J connectivity index is 2.95. The Hall–Kier alpha value is -1.11. The largest absolute Gasteiger partial charge is 0.480 e. The number of likely N-dealkylation sites (tertiary alicyclic amines) is 1. The van der Waals surface area contributed by atoms with E-state index in [0.717, 1.165) is 6.26 Å². The number of carbonyl (C=O) groups excluding carboxylic acids is 1. The number of nitrogens with zero attached hydrogens (tertiary/aromatic N) is 1. The Kier molecular flexibility index (Phi) is 2.31. The molecule has 0 aliphatic carbocycles.